The molecule has 0 bridgehead atoms. The van der Waals surface area contributed by atoms with Crippen LogP contribution in [0.25, 0.3) is 5.69 Å². The molecule has 8 heteroatoms. The molecule has 3 aromatic carbocycles. The van der Waals surface area contributed by atoms with E-state index in [1.165, 1.54) is 11.1 Å². The molecule has 0 saturated carbocycles. The van der Waals surface area contributed by atoms with Gasteiger partial charge < -0.3 is 10.6 Å². The average Bonchev–Trinajstić information content (AvgIpc) is 3.26. The number of halogens is 1. The van der Waals surface area contributed by atoms with Gasteiger partial charge in [0.05, 0.1) is 12.2 Å². The number of nitrogens with one attached hydrogen (secondary N) is 2. The van der Waals surface area contributed by atoms with Crippen molar-refractivity contribution in [2.75, 3.05) is 5.32 Å². The van der Waals surface area contributed by atoms with Crippen LogP contribution in [0.2, 0.25) is 5.02 Å². The van der Waals surface area contributed by atoms with E-state index in [2.05, 4.69) is 39.9 Å². The van der Waals surface area contributed by atoms with E-state index in [4.69, 9.17) is 11.6 Å². The number of urea groups is 1. The molecule has 4 aromatic rings. The molecule has 174 valence electrons. The first-order chi connectivity index (χ1) is 16.5. The molecule has 0 saturated heterocycles. The summed E-state index contributed by atoms with van der Waals surface area (Å²) in [6.45, 7) is 4.32. The smallest absolute Gasteiger partial charge is 0.319 e. The minimum absolute atomic E-state index is 0.212. The fraction of sp³-hybridized carbons (Fsp3) is 0.192. The van der Waals surface area contributed by atoms with Crippen molar-refractivity contribution in [2.45, 2.75) is 37.7 Å². The van der Waals surface area contributed by atoms with Crippen molar-refractivity contribution in [3.8, 4) is 5.69 Å². The summed E-state index contributed by atoms with van der Waals surface area (Å²) in [6.07, 6.45) is 0.954. The van der Waals surface area contributed by atoms with E-state index in [0.717, 1.165) is 34.3 Å². The van der Waals surface area contributed by atoms with Gasteiger partial charge in [-0.2, -0.15) is 0 Å². The fourth-order valence-corrected chi connectivity index (χ4v) is 4.54. The Morgan fingerprint density at radius 2 is 1.76 bits per heavy atom. The van der Waals surface area contributed by atoms with Crippen LogP contribution in [0.3, 0.4) is 0 Å². The van der Waals surface area contributed by atoms with Crippen LogP contribution in [0.15, 0.2) is 78.0 Å². The minimum Gasteiger partial charge on any atom is -0.331 e. The van der Waals surface area contributed by atoms with Gasteiger partial charge in [-0.3, -0.25) is 4.57 Å². The third kappa shape index (κ3) is 5.98. The summed E-state index contributed by atoms with van der Waals surface area (Å²) < 4.78 is 1.96. The predicted molar refractivity (Wildman–Crippen MR) is 139 cm³/mol. The normalized spacial score (nSPS) is 10.8. The Morgan fingerprint density at radius 3 is 2.50 bits per heavy atom. The zero-order valence-electron chi connectivity index (χ0n) is 19.1. The number of anilines is 1. The van der Waals surface area contributed by atoms with Crippen LogP contribution in [0.1, 0.15) is 29.4 Å². The molecule has 34 heavy (non-hydrogen) atoms. The lowest BCUT2D eigenvalue weighted by Gasteiger charge is -2.14. The number of benzene rings is 3. The summed E-state index contributed by atoms with van der Waals surface area (Å²) in [7, 11) is 0. The highest BCUT2D eigenvalue weighted by molar-refractivity contribution is 7.98. The molecule has 0 aliphatic carbocycles. The number of hydrogen-bond donors (Lipinski definition) is 2. The van der Waals surface area contributed by atoms with Crippen LogP contribution < -0.4 is 10.6 Å². The first-order valence-electron chi connectivity index (χ1n) is 11.0. The molecule has 0 atom stereocenters. The molecule has 0 unspecified atom stereocenters. The SMILES string of the molecule is CCc1ccc(NC(=O)NCc2nnc(SCc3ccccc3)n2-c2cc(Cl)ccc2C)cc1. The Labute approximate surface area is 208 Å². The summed E-state index contributed by atoms with van der Waals surface area (Å²) in [4.78, 5) is 12.5. The second-order valence-corrected chi connectivity index (χ2v) is 9.18. The molecule has 1 aromatic heterocycles. The zero-order chi connectivity index (χ0) is 23.9. The van der Waals surface area contributed by atoms with E-state index >= 15 is 0 Å². The third-order valence-corrected chi connectivity index (χ3v) is 6.59. The molecule has 0 radical (unpaired) electrons. The van der Waals surface area contributed by atoms with Gasteiger partial charge in [-0.05, 0) is 54.3 Å². The van der Waals surface area contributed by atoms with E-state index in [-0.39, 0.29) is 12.6 Å². The van der Waals surface area contributed by atoms with Crippen molar-refractivity contribution in [1.82, 2.24) is 20.1 Å². The first-order valence-corrected chi connectivity index (χ1v) is 12.4. The van der Waals surface area contributed by atoms with Crippen molar-refractivity contribution in [3.05, 3.63) is 100 Å². The number of carbonyl (C=O) groups is 1. The van der Waals surface area contributed by atoms with E-state index < -0.39 is 0 Å². The highest BCUT2D eigenvalue weighted by Crippen LogP contribution is 2.28. The number of carbonyl (C=O) groups excluding carboxylic acids is 1. The monoisotopic (exact) mass is 491 g/mol. The Kier molecular flexibility index (Phi) is 7.87. The van der Waals surface area contributed by atoms with Crippen molar-refractivity contribution in [3.63, 3.8) is 0 Å². The second kappa shape index (κ2) is 11.2. The molecule has 2 amide bonds. The summed E-state index contributed by atoms with van der Waals surface area (Å²) in [5.74, 6) is 1.37. The van der Waals surface area contributed by atoms with Crippen LogP contribution in [0.5, 0.6) is 0 Å². The van der Waals surface area contributed by atoms with Crippen molar-refractivity contribution < 1.29 is 4.79 Å². The minimum atomic E-state index is -0.305. The Balaban J connectivity index is 1.53. The summed E-state index contributed by atoms with van der Waals surface area (Å²) in [5.41, 5.74) is 5.07. The largest absolute Gasteiger partial charge is 0.331 e. The third-order valence-electron chi connectivity index (χ3n) is 5.35. The molecular formula is C26H26ClN5OS. The lowest BCUT2D eigenvalue weighted by Crippen LogP contribution is -2.29. The second-order valence-electron chi connectivity index (χ2n) is 7.80. The van der Waals surface area contributed by atoms with Gasteiger partial charge in [0, 0.05) is 16.5 Å². The topological polar surface area (TPSA) is 71.8 Å². The summed E-state index contributed by atoms with van der Waals surface area (Å²) in [5, 5.41) is 15.9. The van der Waals surface area contributed by atoms with Crippen LogP contribution >= 0.6 is 23.4 Å². The van der Waals surface area contributed by atoms with Crippen LogP contribution in [-0.4, -0.2) is 20.8 Å². The molecule has 1 heterocycles. The van der Waals surface area contributed by atoms with Crippen molar-refractivity contribution in [2.24, 2.45) is 0 Å². The highest BCUT2D eigenvalue weighted by Gasteiger charge is 2.17. The maximum atomic E-state index is 12.5. The number of thioether (sulfide) groups is 1. The van der Waals surface area contributed by atoms with Gasteiger partial charge in [-0.1, -0.05) is 78.8 Å². The molecule has 0 spiro atoms. The molecular weight excluding hydrogens is 466 g/mol. The molecule has 0 aliphatic heterocycles. The molecule has 6 nitrogen and oxygen atoms in total. The van der Waals surface area contributed by atoms with Gasteiger partial charge in [0.15, 0.2) is 11.0 Å². The van der Waals surface area contributed by atoms with Gasteiger partial charge in [-0.15, -0.1) is 10.2 Å². The van der Waals surface area contributed by atoms with Crippen molar-refractivity contribution in [1.29, 1.82) is 0 Å². The number of hydrogen-bond acceptors (Lipinski definition) is 4. The summed E-state index contributed by atoms with van der Waals surface area (Å²) in [6, 6.07) is 23.4. The van der Waals surface area contributed by atoms with Gasteiger partial charge in [-0.25, -0.2) is 4.79 Å². The fourth-order valence-electron chi connectivity index (χ4n) is 3.45. The van der Waals surface area contributed by atoms with Crippen LogP contribution in [0, 0.1) is 6.92 Å². The Morgan fingerprint density at radius 1 is 1.00 bits per heavy atom. The predicted octanol–water partition coefficient (Wildman–Crippen LogP) is 6.41. The number of aryl methyl sites for hydroxylation is 2. The van der Waals surface area contributed by atoms with Crippen LogP contribution in [-0.2, 0) is 18.7 Å². The van der Waals surface area contributed by atoms with Crippen LogP contribution in [0.4, 0.5) is 10.5 Å². The quantitative estimate of drug-likeness (QED) is 0.279. The highest BCUT2D eigenvalue weighted by atomic mass is 35.5. The Bertz CT molecular complexity index is 1260. The maximum Gasteiger partial charge on any atom is 0.319 e. The number of amides is 2. The maximum absolute atomic E-state index is 12.5. The number of aromatic nitrogens is 3. The standard InChI is InChI=1S/C26H26ClN5OS/c1-3-19-10-13-22(14-11-19)29-25(33)28-16-24-30-31-26(34-17-20-7-5-4-6-8-20)32(24)23-15-21(27)12-9-18(23)2/h4-15H,3,16-17H2,1-2H3,(H2,28,29,33). The van der Waals surface area contributed by atoms with E-state index in [1.54, 1.807) is 11.8 Å². The summed E-state index contributed by atoms with van der Waals surface area (Å²) >= 11 is 7.90. The van der Waals surface area contributed by atoms with Gasteiger partial charge in [0.1, 0.15) is 0 Å². The molecule has 4 rings (SSSR count). The van der Waals surface area contributed by atoms with E-state index in [9.17, 15) is 4.79 Å². The van der Waals surface area contributed by atoms with E-state index in [1.807, 2.05) is 72.2 Å². The zero-order valence-corrected chi connectivity index (χ0v) is 20.7. The molecule has 2 N–H and O–H groups in total. The first kappa shape index (κ1) is 23.9. The van der Waals surface area contributed by atoms with Crippen molar-refractivity contribution >= 4 is 35.1 Å². The van der Waals surface area contributed by atoms with Gasteiger partial charge >= 0.3 is 6.03 Å². The molecule has 0 fully saturated rings. The molecule has 0 aliphatic rings. The number of nitrogens with zero attached hydrogens (tertiary/aromatic N) is 3. The number of rotatable bonds is 8. The lowest BCUT2D eigenvalue weighted by atomic mass is 10.1. The van der Waals surface area contributed by atoms with Gasteiger partial charge in [0.25, 0.3) is 0 Å². The van der Waals surface area contributed by atoms with Gasteiger partial charge in [0.2, 0.25) is 0 Å². The lowest BCUT2D eigenvalue weighted by molar-refractivity contribution is 0.251. The Hall–Kier alpha value is -3.29. The van der Waals surface area contributed by atoms with E-state index in [0.29, 0.717) is 10.8 Å². The average molecular weight is 492 g/mol.